The Morgan fingerprint density at radius 1 is 0.630 bits per heavy atom. The van der Waals surface area contributed by atoms with Gasteiger partial charge in [-0.2, -0.15) is 0 Å². The van der Waals surface area contributed by atoms with Crippen LogP contribution >= 0.6 is 0 Å². The Morgan fingerprint density at radius 2 is 1.26 bits per heavy atom. The third kappa shape index (κ3) is 3.17. The normalized spacial score (nSPS) is 21.6. The van der Waals surface area contributed by atoms with E-state index in [2.05, 4.69) is 158 Å². The first-order valence-corrected chi connectivity index (χ1v) is 16.1. The van der Waals surface area contributed by atoms with Crippen molar-refractivity contribution in [2.24, 2.45) is 11.3 Å². The van der Waals surface area contributed by atoms with E-state index < -0.39 is 0 Å². The molecule has 0 N–H and O–H groups in total. The number of rotatable bonds is 4. The van der Waals surface area contributed by atoms with Gasteiger partial charge in [0.25, 0.3) is 0 Å². The van der Waals surface area contributed by atoms with Gasteiger partial charge in [0.1, 0.15) is 28.0 Å². The van der Waals surface area contributed by atoms with Crippen molar-refractivity contribution in [2.45, 2.75) is 19.4 Å². The van der Waals surface area contributed by atoms with E-state index >= 15 is 0 Å². The number of benzene rings is 6. The largest absolute Gasteiger partial charge is 0.458 e. The maximum absolute atomic E-state index is 6.81. The summed E-state index contributed by atoms with van der Waals surface area (Å²) in [6, 6.07) is 47.5. The van der Waals surface area contributed by atoms with Crippen LogP contribution in [0.2, 0.25) is 0 Å². The molecule has 10 rings (SSSR count). The molecule has 0 spiro atoms. The first-order chi connectivity index (χ1) is 22.6. The highest BCUT2D eigenvalue weighted by Crippen LogP contribution is 2.76. The molecule has 3 atom stereocenters. The Labute approximate surface area is 267 Å². The van der Waals surface area contributed by atoms with Crippen molar-refractivity contribution in [1.82, 2.24) is 0 Å². The minimum Gasteiger partial charge on any atom is -0.458 e. The van der Waals surface area contributed by atoms with Crippen LogP contribution in [0, 0.1) is 11.3 Å². The fourth-order valence-electron chi connectivity index (χ4n) is 8.58. The van der Waals surface area contributed by atoms with Gasteiger partial charge in [0.05, 0.1) is 0 Å². The third-order valence-corrected chi connectivity index (χ3v) is 11.0. The van der Waals surface area contributed by atoms with Gasteiger partial charge in [-0.15, -0.1) is 0 Å². The first-order valence-electron chi connectivity index (χ1n) is 16.1. The second-order valence-corrected chi connectivity index (χ2v) is 13.1. The van der Waals surface area contributed by atoms with Gasteiger partial charge in [0, 0.05) is 44.1 Å². The summed E-state index contributed by atoms with van der Waals surface area (Å²) in [7, 11) is 0. The molecule has 1 fully saturated rings. The van der Waals surface area contributed by atoms with Crippen LogP contribution in [0.3, 0.4) is 0 Å². The minimum atomic E-state index is -0.367. The third-order valence-electron chi connectivity index (χ3n) is 11.0. The Bertz CT molecular complexity index is 2520. The van der Waals surface area contributed by atoms with Crippen molar-refractivity contribution in [3.05, 3.63) is 151 Å². The average Bonchev–Trinajstić information content (AvgIpc) is 3.41. The van der Waals surface area contributed by atoms with Gasteiger partial charge >= 0.3 is 0 Å². The van der Waals surface area contributed by atoms with Crippen LogP contribution in [0.15, 0.2) is 148 Å². The summed E-state index contributed by atoms with van der Waals surface area (Å²) in [5, 5.41) is 5.91. The van der Waals surface area contributed by atoms with Crippen molar-refractivity contribution in [3.63, 3.8) is 0 Å². The van der Waals surface area contributed by atoms with E-state index in [1.807, 2.05) is 6.07 Å². The Kier molecular flexibility index (Phi) is 5.05. The van der Waals surface area contributed by atoms with Crippen LogP contribution in [0.4, 0.5) is 11.4 Å². The van der Waals surface area contributed by atoms with Gasteiger partial charge in [-0.05, 0) is 64.7 Å². The molecule has 0 amide bonds. The molecule has 220 valence electrons. The summed E-state index contributed by atoms with van der Waals surface area (Å²) >= 11 is 0. The van der Waals surface area contributed by atoms with Crippen molar-refractivity contribution >= 4 is 61.1 Å². The molecular formula is C43H31NO2. The molecule has 3 nitrogen and oxygen atoms in total. The van der Waals surface area contributed by atoms with E-state index in [4.69, 9.17) is 8.83 Å². The standard InChI is InChI=1S/C43H31NO2/c1-27-42(2)25-24-34-33-16-8-10-18-37(33)46-41(34)43(27,42)44(30-13-4-3-5-14-30)31-22-20-28(21-23-31)36-26-29-12-6-7-15-32(29)39-35-17-9-11-19-38(35)45-40(36)39/h3-27H,1-2H3/t27-,42?,43+/m1/s1. The lowest BCUT2D eigenvalue weighted by Crippen LogP contribution is -2.37. The zero-order chi connectivity index (χ0) is 30.6. The van der Waals surface area contributed by atoms with E-state index in [-0.39, 0.29) is 11.0 Å². The second-order valence-electron chi connectivity index (χ2n) is 13.1. The molecule has 2 aliphatic rings. The lowest BCUT2D eigenvalue weighted by atomic mass is 9.88. The molecule has 46 heavy (non-hydrogen) atoms. The van der Waals surface area contributed by atoms with E-state index in [0.717, 1.165) is 50.4 Å². The molecule has 0 radical (unpaired) electrons. The predicted molar refractivity (Wildman–Crippen MR) is 189 cm³/mol. The summed E-state index contributed by atoms with van der Waals surface area (Å²) in [6.45, 7) is 4.74. The molecule has 2 heterocycles. The summed E-state index contributed by atoms with van der Waals surface area (Å²) in [4.78, 5) is 2.53. The number of hydrogen-bond acceptors (Lipinski definition) is 3. The lowest BCUT2D eigenvalue weighted by molar-refractivity contribution is 0.424. The smallest absolute Gasteiger partial charge is 0.143 e. The van der Waals surface area contributed by atoms with Gasteiger partial charge in [0.15, 0.2) is 0 Å². The van der Waals surface area contributed by atoms with Gasteiger partial charge in [-0.3, -0.25) is 0 Å². The fraction of sp³-hybridized carbons (Fsp3) is 0.116. The van der Waals surface area contributed by atoms with Gasteiger partial charge in [-0.1, -0.05) is 117 Å². The number of para-hydroxylation sites is 3. The molecule has 1 saturated carbocycles. The van der Waals surface area contributed by atoms with Crippen molar-refractivity contribution in [3.8, 4) is 11.1 Å². The van der Waals surface area contributed by atoms with Crippen LogP contribution in [0.5, 0.6) is 0 Å². The van der Waals surface area contributed by atoms with Crippen LogP contribution < -0.4 is 4.90 Å². The number of anilines is 2. The molecular weight excluding hydrogens is 562 g/mol. The average molecular weight is 594 g/mol. The van der Waals surface area contributed by atoms with Gasteiger partial charge in [-0.25, -0.2) is 0 Å². The van der Waals surface area contributed by atoms with Gasteiger partial charge in [0.2, 0.25) is 0 Å². The topological polar surface area (TPSA) is 29.5 Å². The number of fused-ring (bicyclic) bond motifs is 10. The van der Waals surface area contributed by atoms with Gasteiger partial charge < -0.3 is 13.7 Å². The van der Waals surface area contributed by atoms with Crippen molar-refractivity contribution < 1.29 is 8.83 Å². The highest BCUT2D eigenvalue weighted by atomic mass is 16.3. The fourth-order valence-corrected chi connectivity index (χ4v) is 8.58. The predicted octanol–water partition coefficient (Wildman–Crippen LogP) is 11.9. The zero-order valence-electron chi connectivity index (χ0n) is 25.7. The highest BCUT2D eigenvalue weighted by Gasteiger charge is 2.77. The highest BCUT2D eigenvalue weighted by molar-refractivity contribution is 6.22. The number of hydrogen-bond donors (Lipinski definition) is 0. The molecule has 2 aliphatic carbocycles. The molecule has 2 aromatic heterocycles. The van der Waals surface area contributed by atoms with Crippen LogP contribution in [-0.4, -0.2) is 0 Å². The summed E-state index contributed by atoms with van der Waals surface area (Å²) in [5.41, 5.74) is 8.03. The maximum Gasteiger partial charge on any atom is 0.143 e. The van der Waals surface area contributed by atoms with E-state index in [9.17, 15) is 0 Å². The van der Waals surface area contributed by atoms with Crippen LogP contribution in [0.1, 0.15) is 25.2 Å². The molecule has 8 aromatic rings. The van der Waals surface area contributed by atoms with Crippen LogP contribution in [-0.2, 0) is 5.54 Å². The lowest BCUT2D eigenvalue weighted by Gasteiger charge is -2.38. The van der Waals surface area contributed by atoms with E-state index in [1.54, 1.807) is 0 Å². The molecule has 0 bridgehead atoms. The number of furan rings is 2. The SMILES string of the molecule is C[C@@H]1C2(C)C=Cc3c(oc4ccccc34)[C@@]12N(c1ccccc1)c1ccc(-c2cc3ccccc3c3c2oc2ccccc23)cc1. The summed E-state index contributed by atoms with van der Waals surface area (Å²) in [5.74, 6) is 1.38. The Balaban J connectivity index is 1.18. The molecule has 0 aliphatic heterocycles. The zero-order valence-corrected chi connectivity index (χ0v) is 25.7. The van der Waals surface area contributed by atoms with E-state index in [0.29, 0.717) is 5.92 Å². The Hall–Kier alpha value is -5.54. The summed E-state index contributed by atoms with van der Waals surface area (Å²) < 4.78 is 13.4. The first kappa shape index (κ1) is 25.8. The minimum absolute atomic E-state index is 0.0961. The van der Waals surface area contributed by atoms with Crippen molar-refractivity contribution in [2.75, 3.05) is 4.90 Å². The molecule has 0 saturated heterocycles. The van der Waals surface area contributed by atoms with Crippen molar-refractivity contribution in [1.29, 1.82) is 0 Å². The molecule has 6 aromatic carbocycles. The Morgan fingerprint density at radius 3 is 2.04 bits per heavy atom. The quantitative estimate of drug-likeness (QED) is 0.203. The monoisotopic (exact) mass is 593 g/mol. The van der Waals surface area contributed by atoms with Crippen LogP contribution in [0.25, 0.3) is 60.9 Å². The van der Waals surface area contributed by atoms with E-state index in [1.165, 1.54) is 27.1 Å². The number of nitrogens with zero attached hydrogens (tertiary/aromatic N) is 1. The summed E-state index contributed by atoms with van der Waals surface area (Å²) in [6.07, 6.45) is 4.70. The molecule has 3 heteroatoms. The second kappa shape index (κ2) is 9.02. The molecule has 1 unspecified atom stereocenters. The maximum atomic E-state index is 6.81.